The molecule has 136 valence electrons. The van der Waals surface area contributed by atoms with Gasteiger partial charge >= 0.3 is 0 Å². The van der Waals surface area contributed by atoms with Gasteiger partial charge in [0.1, 0.15) is 6.29 Å². The van der Waals surface area contributed by atoms with E-state index in [0.29, 0.717) is 30.4 Å². The summed E-state index contributed by atoms with van der Waals surface area (Å²) in [5, 5.41) is 17.6. The zero-order valence-corrected chi connectivity index (χ0v) is 14.7. The molecule has 0 heterocycles. The molecule has 0 atom stereocenters. The predicted molar refractivity (Wildman–Crippen MR) is 91.7 cm³/mol. The molecule has 3 N–H and O–H groups in total. The molecule has 8 heteroatoms. The minimum atomic E-state index is -4.14. The smallest absolute Gasteiger partial charge is 0.294 e. The molecule has 0 radical (unpaired) electrons. The highest BCUT2D eigenvalue weighted by atomic mass is 32.2. The number of aldehydes is 1. The Kier molecular flexibility index (Phi) is 7.56. The van der Waals surface area contributed by atoms with Gasteiger partial charge in [-0.15, -0.1) is 0 Å². The first-order valence-electron chi connectivity index (χ1n) is 7.22. The van der Waals surface area contributed by atoms with Crippen LogP contribution < -0.4 is 0 Å². The second kappa shape index (κ2) is 9.16. The van der Waals surface area contributed by atoms with Gasteiger partial charge in [0.05, 0.1) is 11.5 Å². The number of hydrogen-bond acceptors (Lipinski definition) is 6. The van der Waals surface area contributed by atoms with E-state index in [0.717, 1.165) is 5.56 Å². The van der Waals surface area contributed by atoms with Gasteiger partial charge in [-0.25, -0.2) is 0 Å². The van der Waals surface area contributed by atoms with E-state index in [2.05, 4.69) is 0 Å². The van der Waals surface area contributed by atoms with Gasteiger partial charge in [-0.2, -0.15) is 8.42 Å². The maximum Gasteiger partial charge on any atom is 0.294 e. The molecule has 25 heavy (non-hydrogen) atoms. The first kappa shape index (κ1) is 20.6. The van der Waals surface area contributed by atoms with Gasteiger partial charge in [-0.05, 0) is 43.2 Å². The van der Waals surface area contributed by atoms with Crippen molar-refractivity contribution in [2.45, 2.75) is 18.2 Å². The molecular weight excluding hydrogens is 348 g/mol. The van der Waals surface area contributed by atoms with E-state index in [1.807, 2.05) is 6.92 Å². The molecule has 0 saturated heterocycles. The lowest BCUT2D eigenvalue weighted by molar-refractivity contribution is 0.112. The minimum Gasteiger partial charge on any atom is -0.504 e. The van der Waals surface area contributed by atoms with Crippen molar-refractivity contribution in [3.05, 3.63) is 53.1 Å². The van der Waals surface area contributed by atoms with Crippen molar-refractivity contribution in [2.75, 3.05) is 13.7 Å². The molecule has 0 unspecified atom stereocenters. The number of benzene rings is 2. The van der Waals surface area contributed by atoms with Gasteiger partial charge in [0.15, 0.2) is 11.5 Å². The lowest BCUT2D eigenvalue weighted by Gasteiger charge is -2.07. The van der Waals surface area contributed by atoms with Crippen molar-refractivity contribution in [3.63, 3.8) is 0 Å². The summed E-state index contributed by atoms with van der Waals surface area (Å²) in [7, 11) is -2.59. The summed E-state index contributed by atoms with van der Waals surface area (Å²) in [5.41, 5.74) is 1.88. The first-order valence-corrected chi connectivity index (χ1v) is 8.66. The average Bonchev–Trinajstić information content (AvgIpc) is 2.55. The molecule has 0 aliphatic heterocycles. The van der Waals surface area contributed by atoms with E-state index >= 15 is 0 Å². The summed E-state index contributed by atoms with van der Waals surface area (Å²) in [6.07, 6.45) is 1.06. The third-order valence-corrected chi connectivity index (χ3v) is 4.16. The second-order valence-electron chi connectivity index (χ2n) is 5.20. The summed E-state index contributed by atoms with van der Waals surface area (Å²) < 4.78 is 36.0. The van der Waals surface area contributed by atoms with Gasteiger partial charge in [-0.1, -0.05) is 17.7 Å². The van der Waals surface area contributed by atoms with Gasteiger partial charge in [0.2, 0.25) is 0 Å². The van der Waals surface area contributed by atoms with Gasteiger partial charge in [0.25, 0.3) is 10.1 Å². The van der Waals surface area contributed by atoms with E-state index in [4.69, 9.17) is 19.5 Å². The molecular formula is C17H20O7S. The third kappa shape index (κ3) is 6.54. The fourth-order valence-electron chi connectivity index (χ4n) is 1.98. The highest BCUT2D eigenvalue weighted by molar-refractivity contribution is 7.85. The Hall–Kier alpha value is -2.42. The predicted octanol–water partition coefficient (Wildman–Crippen LogP) is 2.34. The van der Waals surface area contributed by atoms with Crippen LogP contribution in [0.15, 0.2) is 41.3 Å². The quantitative estimate of drug-likeness (QED) is 0.421. The van der Waals surface area contributed by atoms with Crippen LogP contribution in [-0.4, -0.2) is 43.2 Å². The number of aromatic hydroxyl groups is 2. The van der Waals surface area contributed by atoms with Crippen LogP contribution in [0.4, 0.5) is 0 Å². The SMILES string of the molecule is COCCc1cc(C)ccc1S(=O)(=O)O.O=Cc1ccc(O)c(O)c1. The van der Waals surface area contributed by atoms with Crippen LogP contribution in [0.25, 0.3) is 0 Å². The second-order valence-corrected chi connectivity index (χ2v) is 6.59. The highest BCUT2D eigenvalue weighted by Gasteiger charge is 2.14. The number of ether oxygens (including phenoxy) is 1. The average molecular weight is 368 g/mol. The first-order chi connectivity index (χ1) is 11.7. The molecule has 0 bridgehead atoms. The molecule has 0 fully saturated rings. The summed E-state index contributed by atoms with van der Waals surface area (Å²) in [6.45, 7) is 2.29. The normalized spacial score (nSPS) is 10.7. The monoisotopic (exact) mass is 368 g/mol. The Morgan fingerprint density at radius 1 is 1.08 bits per heavy atom. The fourth-order valence-corrected chi connectivity index (χ4v) is 2.71. The molecule has 0 aromatic heterocycles. The lowest BCUT2D eigenvalue weighted by Crippen LogP contribution is -2.05. The van der Waals surface area contributed by atoms with Crippen molar-refractivity contribution < 1.29 is 32.7 Å². The Bertz CT molecular complexity index is 829. The minimum absolute atomic E-state index is 0.0369. The zero-order valence-electron chi connectivity index (χ0n) is 13.8. The third-order valence-electron chi connectivity index (χ3n) is 3.20. The summed E-state index contributed by atoms with van der Waals surface area (Å²) in [5.74, 6) is -0.491. The highest BCUT2D eigenvalue weighted by Crippen LogP contribution is 2.23. The Labute approximate surface area is 146 Å². The van der Waals surface area contributed by atoms with E-state index in [1.54, 1.807) is 19.2 Å². The number of carbonyl (C=O) groups is 1. The maximum atomic E-state index is 11.0. The number of aryl methyl sites for hydroxylation is 1. The Morgan fingerprint density at radius 3 is 2.28 bits per heavy atom. The molecule has 0 aliphatic carbocycles. The fraction of sp³-hybridized carbons (Fsp3) is 0.235. The van der Waals surface area contributed by atoms with E-state index in [9.17, 15) is 13.2 Å². The zero-order chi connectivity index (χ0) is 19.0. The van der Waals surface area contributed by atoms with Crippen molar-refractivity contribution in [2.24, 2.45) is 0 Å². The molecule has 0 amide bonds. The van der Waals surface area contributed by atoms with Crippen molar-refractivity contribution in [3.8, 4) is 11.5 Å². The van der Waals surface area contributed by atoms with Gasteiger partial charge < -0.3 is 14.9 Å². The van der Waals surface area contributed by atoms with Gasteiger partial charge in [0, 0.05) is 12.7 Å². The standard InChI is InChI=1S/C10H14O4S.C7H6O3/c1-8-3-4-10(15(11,12)13)9(7-8)5-6-14-2;8-4-5-1-2-6(9)7(10)3-5/h3-4,7H,5-6H2,1-2H3,(H,11,12,13);1-4,9-10H. The molecule has 0 saturated carbocycles. The molecule has 2 rings (SSSR count). The van der Waals surface area contributed by atoms with Crippen LogP contribution in [0.3, 0.4) is 0 Å². The van der Waals surface area contributed by atoms with E-state index in [-0.39, 0.29) is 16.4 Å². The number of carbonyl (C=O) groups excluding carboxylic acids is 1. The molecule has 7 nitrogen and oxygen atoms in total. The Morgan fingerprint density at radius 2 is 1.76 bits per heavy atom. The van der Waals surface area contributed by atoms with Gasteiger partial charge in [-0.3, -0.25) is 9.35 Å². The molecule has 0 spiro atoms. The van der Waals surface area contributed by atoms with Crippen LogP contribution >= 0.6 is 0 Å². The lowest BCUT2D eigenvalue weighted by atomic mass is 10.1. The number of methoxy groups -OCH3 is 1. The van der Waals surface area contributed by atoms with Crippen LogP contribution in [0.2, 0.25) is 0 Å². The van der Waals surface area contributed by atoms with Crippen molar-refractivity contribution in [1.29, 1.82) is 0 Å². The number of rotatable bonds is 5. The molecule has 2 aromatic rings. The summed E-state index contributed by atoms with van der Waals surface area (Å²) in [6, 6.07) is 8.68. The number of hydrogen-bond donors (Lipinski definition) is 3. The Balaban J connectivity index is 0.000000271. The largest absolute Gasteiger partial charge is 0.504 e. The number of phenols is 2. The summed E-state index contributed by atoms with van der Waals surface area (Å²) in [4.78, 5) is 10.0. The van der Waals surface area contributed by atoms with E-state index in [1.165, 1.54) is 24.3 Å². The van der Waals surface area contributed by atoms with Crippen LogP contribution in [-0.2, 0) is 21.3 Å². The van der Waals surface area contributed by atoms with Crippen molar-refractivity contribution >= 4 is 16.4 Å². The summed E-state index contributed by atoms with van der Waals surface area (Å²) >= 11 is 0. The maximum absolute atomic E-state index is 11.0. The molecule has 2 aromatic carbocycles. The number of phenolic OH excluding ortho intramolecular Hbond substituents is 2. The van der Waals surface area contributed by atoms with E-state index < -0.39 is 10.1 Å². The van der Waals surface area contributed by atoms with Crippen LogP contribution in [0.5, 0.6) is 11.5 Å². The molecule has 0 aliphatic rings. The van der Waals surface area contributed by atoms with Crippen LogP contribution in [0.1, 0.15) is 21.5 Å². The van der Waals surface area contributed by atoms with Crippen molar-refractivity contribution in [1.82, 2.24) is 0 Å². The topological polar surface area (TPSA) is 121 Å². The van der Waals surface area contributed by atoms with Crippen LogP contribution in [0, 0.1) is 6.92 Å².